The average Bonchev–Trinajstić information content (AvgIpc) is 3.24. The third-order valence-electron chi connectivity index (χ3n) is 8.05. The van der Waals surface area contributed by atoms with E-state index in [1.807, 2.05) is 39.1 Å². The molecule has 4 heterocycles. The molecule has 9 nitrogen and oxygen atoms in total. The molecule has 1 saturated heterocycles. The number of benzene rings is 1. The van der Waals surface area contributed by atoms with Gasteiger partial charge < -0.3 is 14.0 Å². The van der Waals surface area contributed by atoms with Crippen LogP contribution in [0, 0.1) is 5.41 Å². The number of aromatic nitrogens is 5. The van der Waals surface area contributed by atoms with Crippen molar-refractivity contribution in [2.45, 2.75) is 60.7 Å². The van der Waals surface area contributed by atoms with E-state index in [0.29, 0.717) is 21.0 Å². The number of pyridine rings is 1. The Labute approximate surface area is 251 Å². The van der Waals surface area contributed by atoms with Gasteiger partial charge in [-0.25, -0.2) is 15.0 Å². The number of fused-ring (bicyclic) bond motifs is 2. The first-order valence-corrected chi connectivity index (χ1v) is 15.9. The van der Waals surface area contributed by atoms with Crippen molar-refractivity contribution in [2.75, 3.05) is 18.0 Å². The molecule has 12 heteroatoms. The molecule has 0 saturated carbocycles. The van der Waals surface area contributed by atoms with Gasteiger partial charge >= 0.3 is 0 Å². The highest BCUT2D eigenvalue weighted by atomic mass is 35.5. The van der Waals surface area contributed by atoms with Gasteiger partial charge in [0.05, 0.1) is 40.7 Å². The predicted octanol–water partition coefficient (Wildman–Crippen LogP) is 4.86. The monoisotopic (exact) mass is 609 g/mol. The van der Waals surface area contributed by atoms with Crippen molar-refractivity contribution >= 4 is 51.4 Å². The minimum Gasteiger partial charge on any atom is -0.598 e. The van der Waals surface area contributed by atoms with Crippen molar-refractivity contribution in [3.8, 4) is 0 Å². The van der Waals surface area contributed by atoms with E-state index in [0.717, 1.165) is 48.8 Å². The van der Waals surface area contributed by atoms with Crippen LogP contribution in [-0.2, 0) is 24.8 Å². The van der Waals surface area contributed by atoms with E-state index < -0.39 is 11.4 Å². The molecule has 1 N–H and O–H groups in total. The molecule has 1 aliphatic carbocycles. The molecule has 2 atom stereocenters. The quantitative estimate of drug-likeness (QED) is 0.317. The lowest BCUT2D eigenvalue weighted by molar-refractivity contribution is 0.175. The van der Waals surface area contributed by atoms with Gasteiger partial charge in [0.15, 0.2) is 0 Å². The number of piperidine rings is 1. The van der Waals surface area contributed by atoms with Crippen molar-refractivity contribution in [3.63, 3.8) is 0 Å². The van der Waals surface area contributed by atoms with E-state index in [1.54, 1.807) is 25.5 Å². The maximum Gasteiger partial charge on any atom is 0.262 e. The largest absolute Gasteiger partial charge is 0.598 e. The summed E-state index contributed by atoms with van der Waals surface area (Å²) < 4.78 is 17.7. The molecule has 1 aliphatic heterocycles. The Morgan fingerprint density at radius 3 is 2.61 bits per heavy atom. The summed E-state index contributed by atoms with van der Waals surface area (Å²) in [6, 6.07) is 7.74. The smallest absolute Gasteiger partial charge is 0.262 e. The average molecular weight is 610 g/mol. The number of nitrogens with zero attached hydrogens (tertiary/aromatic N) is 6. The minimum absolute atomic E-state index is 0.00278. The van der Waals surface area contributed by atoms with Crippen LogP contribution in [0.2, 0.25) is 5.02 Å². The van der Waals surface area contributed by atoms with Crippen molar-refractivity contribution in [3.05, 3.63) is 75.8 Å². The summed E-state index contributed by atoms with van der Waals surface area (Å²) in [5, 5.41) is 1.46. The first-order chi connectivity index (χ1) is 19.6. The lowest BCUT2D eigenvalue weighted by Crippen LogP contribution is -2.49. The zero-order chi connectivity index (χ0) is 28.9. The SMILES string of the molecule is Cn1cnc2ccc(Sc3cnc(N4CCC5(CC4)Cc4ncccc4[C@H]5N[S@+]([O-])C(C)(C)C)cn3)c(Cl)c2c1=O. The Bertz CT molecular complexity index is 1650. The second-order valence-corrected chi connectivity index (χ2v) is 15.2. The highest BCUT2D eigenvalue weighted by Crippen LogP contribution is 2.52. The van der Waals surface area contributed by atoms with Gasteiger partial charge in [-0.2, -0.15) is 0 Å². The Kier molecular flexibility index (Phi) is 7.52. The van der Waals surface area contributed by atoms with Gasteiger partial charge in [-0.05, 0) is 63.8 Å². The predicted molar refractivity (Wildman–Crippen MR) is 164 cm³/mol. The lowest BCUT2D eigenvalue weighted by Gasteiger charge is -2.44. The van der Waals surface area contributed by atoms with Crippen molar-refractivity contribution in [1.82, 2.24) is 29.2 Å². The van der Waals surface area contributed by atoms with Crippen LogP contribution >= 0.6 is 23.4 Å². The number of nitrogens with one attached hydrogen (secondary N) is 1. The summed E-state index contributed by atoms with van der Waals surface area (Å²) in [5.74, 6) is 0.822. The van der Waals surface area contributed by atoms with Gasteiger partial charge in [-0.15, -0.1) is 4.72 Å². The zero-order valence-corrected chi connectivity index (χ0v) is 25.8. The van der Waals surface area contributed by atoms with E-state index in [-0.39, 0.29) is 21.8 Å². The highest BCUT2D eigenvalue weighted by molar-refractivity contribution is 7.99. The number of hydrogen-bond donors (Lipinski definition) is 1. The third kappa shape index (κ3) is 5.34. The summed E-state index contributed by atoms with van der Waals surface area (Å²) in [5.41, 5.74) is 2.60. The number of rotatable bonds is 5. The first kappa shape index (κ1) is 28.4. The van der Waals surface area contributed by atoms with Crippen LogP contribution < -0.4 is 15.2 Å². The second kappa shape index (κ2) is 10.9. The van der Waals surface area contributed by atoms with Crippen LogP contribution in [0.4, 0.5) is 5.82 Å². The molecular formula is C29H32ClN7O2S2. The molecule has 2 aliphatic rings. The fourth-order valence-electron chi connectivity index (χ4n) is 5.70. The molecular weight excluding hydrogens is 578 g/mol. The van der Waals surface area contributed by atoms with Crippen LogP contribution in [0.3, 0.4) is 0 Å². The number of anilines is 1. The standard InChI is InChI=1S/C29H32ClN7O2S2/c1-28(2,3)41(39)35-26-18-6-5-11-31-20(18)14-29(26)9-12-37(13-10-29)22-15-33-23(16-32-22)40-21-8-7-19-24(25(21)30)27(38)36(4)17-34-19/h5-8,11,15-17,26,35H,9-10,12-14H2,1-4H3/t26-,41-/m1/s1. The molecule has 6 rings (SSSR count). The highest BCUT2D eigenvalue weighted by Gasteiger charge is 2.51. The number of aryl methyl sites for hydroxylation is 1. The molecule has 41 heavy (non-hydrogen) atoms. The van der Waals surface area contributed by atoms with E-state index in [2.05, 4.69) is 30.6 Å². The normalized spacial score (nSPS) is 19.1. The van der Waals surface area contributed by atoms with Gasteiger partial charge in [-0.1, -0.05) is 29.4 Å². The lowest BCUT2D eigenvalue weighted by atomic mass is 9.73. The zero-order valence-electron chi connectivity index (χ0n) is 23.4. The van der Waals surface area contributed by atoms with Crippen LogP contribution in [0.25, 0.3) is 10.9 Å². The number of hydrogen-bond acceptors (Lipinski definition) is 9. The van der Waals surface area contributed by atoms with Gasteiger partial charge in [0.25, 0.3) is 5.56 Å². The van der Waals surface area contributed by atoms with E-state index in [1.165, 1.54) is 28.2 Å². The topological polar surface area (TPSA) is 112 Å². The van der Waals surface area contributed by atoms with Gasteiger partial charge in [-0.3, -0.25) is 9.78 Å². The Morgan fingerprint density at radius 1 is 1.12 bits per heavy atom. The van der Waals surface area contributed by atoms with Crippen LogP contribution in [0.5, 0.6) is 0 Å². The Morgan fingerprint density at radius 2 is 1.90 bits per heavy atom. The Balaban J connectivity index is 1.17. The van der Waals surface area contributed by atoms with Gasteiger partial charge in [0, 0.05) is 53.7 Å². The fraction of sp³-hybridized carbons (Fsp3) is 0.414. The molecule has 3 aromatic heterocycles. The van der Waals surface area contributed by atoms with Crippen LogP contribution in [0.1, 0.15) is 50.9 Å². The van der Waals surface area contributed by atoms with E-state index in [4.69, 9.17) is 16.6 Å². The minimum atomic E-state index is -1.19. The molecule has 0 radical (unpaired) electrons. The molecule has 1 aromatic carbocycles. The summed E-state index contributed by atoms with van der Waals surface area (Å²) >= 11 is 6.81. The van der Waals surface area contributed by atoms with Crippen molar-refractivity contribution in [1.29, 1.82) is 0 Å². The van der Waals surface area contributed by atoms with E-state index in [9.17, 15) is 9.35 Å². The van der Waals surface area contributed by atoms with Crippen LogP contribution in [-0.4, -0.2) is 46.9 Å². The van der Waals surface area contributed by atoms with Gasteiger partial charge in [0.2, 0.25) is 0 Å². The summed E-state index contributed by atoms with van der Waals surface area (Å²) in [6.45, 7) is 7.64. The van der Waals surface area contributed by atoms with E-state index >= 15 is 0 Å². The molecule has 4 aromatic rings. The van der Waals surface area contributed by atoms with Crippen molar-refractivity contribution in [2.24, 2.45) is 12.5 Å². The molecule has 0 bridgehead atoms. The molecule has 1 spiro atoms. The Hall–Kier alpha value is -2.70. The second-order valence-electron chi connectivity index (χ2n) is 11.7. The third-order valence-corrected chi connectivity index (χ3v) is 11.1. The molecule has 1 fully saturated rings. The van der Waals surface area contributed by atoms with Gasteiger partial charge in [0.1, 0.15) is 15.6 Å². The fourth-order valence-corrected chi connectivity index (χ4v) is 7.76. The summed E-state index contributed by atoms with van der Waals surface area (Å²) in [6.07, 6.45) is 9.62. The summed E-state index contributed by atoms with van der Waals surface area (Å²) in [4.78, 5) is 34.0. The maximum atomic E-state index is 13.1. The van der Waals surface area contributed by atoms with Crippen LogP contribution in [0.15, 0.2) is 63.9 Å². The number of halogens is 1. The maximum absolute atomic E-state index is 13.1. The first-order valence-electron chi connectivity index (χ1n) is 13.6. The summed E-state index contributed by atoms with van der Waals surface area (Å²) in [7, 11) is 1.66. The molecule has 214 valence electrons. The van der Waals surface area contributed by atoms with Crippen molar-refractivity contribution < 1.29 is 4.55 Å². The molecule has 0 unspecified atom stereocenters. The molecule has 0 amide bonds.